The number of pyridine rings is 1. The molecular weight excluding hydrogens is 350 g/mol. The molecule has 0 atom stereocenters. The van der Waals surface area contributed by atoms with Crippen LogP contribution in [0.25, 0.3) is 22.4 Å². The van der Waals surface area contributed by atoms with Gasteiger partial charge in [0.05, 0.1) is 0 Å². The molecule has 150 valence electrons. The summed E-state index contributed by atoms with van der Waals surface area (Å²) in [6.07, 6.45) is 6.03. The van der Waals surface area contributed by atoms with Crippen LogP contribution in [-0.2, 0) is 24.8 Å². The maximum atomic E-state index is 2.66. The van der Waals surface area contributed by atoms with E-state index in [1.165, 1.54) is 58.5 Å². The van der Waals surface area contributed by atoms with E-state index in [0.29, 0.717) is 0 Å². The van der Waals surface area contributed by atoms with Gasteiger partial charge in [-0.3, -0.25) is 0 Å². The van der Waals surface area contributed by atoms with Crippen LogP contribution >= 0.6 is 0 Å². The van der Waals surface area contributed by atoms with Crippen LogP contribution in [-0.4, -0.2) is 0 Å². The molecular formula is C28H34N+. The predicted molar refractivity (Wildman–Crippen MR) is 123 cm³/mol. The maximum absolute atomic E-state index is 2.66. The molecule has 1 aromatic heterocycles. The van der Waals surface area contributed by atoms with Crippen molar-refractivity contribution in [1.82, 2.24) is 0 Å². The summed E-state index contributed by atoms with van der Waals surface area (Å²) in [6, 6.07) is 22.5. The lowest BCUT2D eigenvalue weighted by atomic mass is 9.81. The number of aryl methyl sites for hydroxylation is 1. The van der Waals surface area contributed by atoms with Gasteiger partial charge in [0.1, 0.15) is 6.54 Å². The van der Waals surface area contributed by atoms with Gasteiger partial charge in [-0.15, -0.1) is 0 Å². The van der Waals surface area contributed by atoms with Gasteiger partial charge in [0.2, 0.25) is 5.69 Å². The average molecular weight is 385 g/mol. The fourth-order valence-corrected chi connectivity index (χ4v) is 4.75. The summed E-state index contributed by atoms with van der Waals surface area (Å²) in [5, 5.41) is 0. The van der Waals surface area contributed by atoms with Crippen molar-refractivity contribution in [2.24, 2.45) is 0 Å². The van der Waals surface area contributed by atoms with Crippen LogP contribution in [0.2, 0.25) is 0 Å². The van der Waals surface area contributed by atoms with E-state index < -0.39 is 0 Å². The van der Waals surface area contributed by atoms with E-state index in [1.54, 1.807) is 0 Å². The number of hydrogen-bond donors (Lipinski definition) is 0. The summed E-state index contributed by atoms with van der Waals surface area (Å²) in [7, 11) is 0. The first kappa shape index (κ1) is 19.9. The number of unbranched alkanes of at least 4 members (excludes halogenated alkanes) is 2. The second-order valence-corrected chi connectivity index (χ2v) is 9.40. The third-order valence-electron chi connectivity index (χ3n) is 6.21. The molecule has 3 aromatic rings. The Morgan fingerprint density at radius 2 is 1.55 bits per heavy atom. The zero-order valence-corrected chi connectivity index (χ0v) is 18.5. The second-order valence-electron chi connectivity index (χ2n) is 9.40. The quantitative estimate of drug-likeness (QED) is 0.333. The van der Waals surface area contributed by atoms with Crippen molar-refractivity contribution in [2.45, 2.75) is 71.8 Å². The third-order valence-corrected chi connectivity index (χ3v) is 6.21. The smallest absolute Gasteiger partial charge is 0.195 e. The van der Waals surface area contributed by atoms with E-state index in [4.69, 9.17) is 0 Å². The summed E-state index contributed by atoms with van der Waals surface area (Å²) in [5.74, 6) is 0. The lowest BCUT2D eigenvalue weighted by Crippen LogP contribution is -2.47. The number of nitrogens with zero attached hydrogens (tertiary/aromatic N) is 1. The number of hydrogen-bond acceptors (Lipinski definition) is 0. The predicted octanol–water partition coefficient (Wildman–Crippen LogP) is 6.89. The van der Waals surface area contributed by atoms with Crippen molar-refractivity contribution >= 4 is 0 Å². The molecule has 0 radical (unpaired) electrons. The molecule has 4 rings (SSSR count). The van der Waals surface area contributed by atoms with Crippen molar-refractivity contribution in [3.8, 4) is 22.4 Å². The van der Waals surface area contributed by atoms with Crippen LogP contribution in [0, 0.1) is 0 Å². The van der Waals surface area contributed by atoms with Crippen LogP contribution in [0.15, 0.2) is 60.7 Å². The largest absolute Gasteiger partial charge is 0.216 e. The molecule has 1 aliphatic rings. The van der Waals surface area contributed by atoms with Crippen molar-refractivity contribution in [2.75, 3.05) is 0 Å². The maximum Gasteiger partial charge on any atom is 0.216 e. The van der Waals surface area contributed by atoms with Crippen LogP contribution in [0.1, 0.15) is 63.8 Å². The van der Waals surface area contributed by atoms with Gasteiger partial charge >= 0.3 is 0 Å². The summed E-state index contributed by atoms with van der Waals surface area (Å²) in [6.45, 7) is 10.5. The monoisotopic (exact) mass is 384 g/mol. The molecule has 0 unspecified atom stereocenters. The number of rotatable bonds is 5. The molecule has 1 aliphatic carbocycles. The minimum atomic E-state index is 0.0944. The fourth-order valence-electron chi connectivity index (χ4n) is 4.75. The molecule has 0 spiro atoms. The van der Waals surface area contributed by atoms with Gasteiger partial charge in [-0.05, 0) is 42.0 Å². The van der Waals surface area contributed by atoms with E-state index in [9.17, 15) is 0 Å². The van der Waals surface area contributed by atoms with Gasteiger partial charge in [-0.25, -0.2) is 0 Å². The molecule has 1 heteroatoms. The Balaban J connectivity index is 2.03. The third kappa shape index (κ3) is 3.88. The number of fused-ring (bicyclic) bond motifs is 3. The summed E-state index contributed by atoms with van der Waals surface area (Å²) < 4.78 is 2.66. The molecule has 0 fully saturated rings. The summed E-state index contributed by atoms with van der Waals surface area (Å²) in [4.78, 5) is 0. The first-order valence-electron chi connectivity index (χ1n) is 11.2. The van der Waals surface area contributed by atoms with Gasteiger partial charge in [0, 0.05) is 29.0 Å². The Hall–Kier alpha value is -2.41. The van der Waals surface area contributed by atoms with E-state index in [0.717, 1.165) is 19.4 Å². The fraction of sp³-hybridized carbons (Fsp3) is 0.393. The number of benzene rings is 2. The van der Waals surface area contributed by atoms with Gasteiger partial charge in [0.15, 0.2) is 5.69 Å². The zero-order chi connectivity index (χ0) is 20.4. The average Bonchev–Trinajstić information content (AvgIpc) is 2.73. The lowest BCUT2D eigenvalue weighted by Gasteiger charge is -2.26. The Labute approximate surface area is 176 Å². The van der Waals surface area contributed by atoms with Crippen LogP contribution in [0.3, 0.4) is 0 Å². The van der Waals surface area contributed by atoms with Gasteiger partial charge in [-0.1, -0.05) is 82.6 Å². The molecule has 0 saturated heterocycles. The van der Waals surface area contributed by atoms with E-state index in [-0.39, 0.29) is 5.41 Å². The first-order chi connectivity index (χ1) is 14.0. The van der Waals surface area contributed by atoms with Crippen LogP contribution in [0.4, 0.5) is 0 Å². The minimum absolute atomic E-state index is 0.0944. The highest BCUT2D eigenvalue weighted by molar-refractivity contribution is 5.78. The summed E-state index contributed by atoms with van der Waals surface area (Å²) >= 11 is 0. The highest BCUT2D eigenvalue weighted by atomic mass is 15.0. The molecule has 0 bridgehead atoms. The molecule has 0 N–H and O–H groups in total. The normalized spacial score (nSPS) is 13.1. The van der Waals surface area contributed by atoms with E-state index in [2.05, 4.69) is 92.9 Å². The second kappa shape index (κ2) is 8.14. The molecule has 0 amide bonds. The highest BCUT2D eigenvalue weighted by Crippen LogP contribution is 2.39. The van der Waals surface area contributed by atoms with Crippen LogP contribution < -0.4 is 4.57 Å². The van der Waals surface area contributed by atoms with E-state index in [1.807, 2.05) is 0 Å². The molecule has 1 nitrogen and oxygen atoms in total. The van der Waals surface area contributed by atoms with Gasteiger partial charge in [-0.2, -0.15) is 4.57 Å². The standard InChI is InChI=1S/C28H34N/c1-5-6-12-19-29-26(28(2,3)4)20-25(21-13-8-7-9-14-21)24-18-17-22-15-10-11-16-23(22)27(24)29/h7-11,13-16,20H,5-6,12,17-19H2,1-4H3/q+1. The van der Waals surface area contributed by atoms with Crippen LogP contribution in [0.5, 0.6) is 0 Å². The van der Waals surface area contributed by atoms with Crippen molar-refractivity contribution in [1.29, 1.82) is 0 Å². The van der Waals surface area contributed by atoms with Crippen molar-refractivity contribution < 1.29 is 4.57 Å². The Morgan fingerprint density at radius 1 is 0.828 bits per heavy atom. The Bertz CT molecular complexity index is 993. The Morgan fingerprint density at radius 3 is 2.28 bits per heavy atom. The molecule has 2 aromatic carbocycles. The molecule has 0 aliphatic heterocycles. The summed E-state index contributed by atoms with van der Waals surface area (Å²) in [5.41, 5.74) is 10.2. The minimum Gasteiger partial charge on any atom is -0.195 e. The van der Waals surface area contributed by atoms with E-state index >= 15 is 0 Å². The molecule has 0 saturated carbocycles. The lowest BCUT2D eigenvalue weighted by molar-refractivity contribution is -0.697. The first-order valence-corrected chi connectivity index (χ1v) is 11.2. The molecule has 29 heavy (non-hydrogen) atoms. The zero-order valence-electron chi connectivity index (χ0n) is 18.5. The van der Waals surface area contributed by atoms with Crippen molar-refractivity contribution in [3.63, 3.8) is 0 Å². The van der Waals surface area contributed by atoms with Gasteiger partial charge in [0.25, 0.3) is 0 Å². The number of aromatic nitrogens is 1. The Kier molecular flexibility index (Phi) is 5.58. The highest BCUT2D eigenvalue weighted by Gasteiger charge is 2.35. The van der Waals surface area contributed by atoms with Crippen molar-refractivity contribution in [3.05, 3.63) is 77.5 Å². The topological polar surface area (TPSA) is 3.88 Å². The molecule has 1 heterocycles. The van der Waals surface area contributed by atoms with Gasteiger partial charge < -0.3 is 0 Å². The SMILES string of the molecule is CCCCC[n+]1c(C(C)(C)C)cc(-c2ccccc2)c2c1-c1ccccc1CC2.